The van der Waals surface area contributed by atoms with Gasteiger partial charge in [-0.25, -0.2) is 4.79 Å². The van der Waals surface area contributed by atoms with Gasteiger partial charge in [0.15, 0.2) is 0 Å². The van der Waals surface area contributed by atoms with E-state index in [4.69, 9.17) is 0 Å². The van der Waals surface area contributed by atoms with Gasteiger partial charge in [0.05, 0.1) is 0 Å². The molecule has 1 saturated heterocycles. The Morgan fingerprint density at radius 3 is 2.69 bits per heavy atom. The van der Waals surface area contributed by atoms with E-state index in [1.54, 1.807) is 0 Å². The zero-order chi connectivity index (χ0) is 18.1. The van der Waals surface area contributed by atoms with Crippen LogP contribution < -0.4 is 10.7 Å². The van der Waals surface area contributed by atoms with Gasteiger partial charge in [-0.3, -0.25) is 15.0 Å². The number of amides is 4. The standard InChI is InChI=1S/C19H22N4O3/c24-16(9-13-22-12-8-14-6-2-3-7-15(14)22)21-23-17(25)19(20-18(23)26)10-4-1-5-11-19/h2-3,6-8,12H,1,4-5,9-11,13H2,(H,20,26)(H,21,24). The molecule has 1 aliphatic heterocycles. The van der Waals surface area contributed by atoms with E-state index < -0.39 is 11.6 Å². The highest BCUT2D eigenvalue weighted by Gasteiger charge is 2.52. The number of hydrogen-bond donors (Lipinski definition) is 2. The van der Waals surface area contributed by atoms with Gasteiger partial charge in [-0.05, 0) is 30.4 Å². The molecule has 1 saturated carbocycles. The second kappa shape index (κ2) is 6.48. The van der Waals surface area contributed by atoms with E-state index in [0.717, 1.165) is 35.2 Å². The molecule has 2 aliphatic rings. The molecule has 0 atom stereocenters. The molecule has 0 bridgehead atoms. The van der Waals surface area contributed by atoms with Crippen LogP contribution >= 0.6 is 0 Å². The molecule has 0 unspecified atom stereocenters. The number of fused-ring (bicyclic) bond motifs is 1. The van der Waals surface area contributed by atoms with Crippen molar-refractivity contribution in [3.8, 4) is 0 Å². The maximum atomic E-state index is 12.7. The SMILES string of the molecule is O=C(CCn1ccc2ccccc21)NN1C(=O)NC2(CCCCC2)C1=O. The largest absolute Gasteiger partial charge is 0.347 e. The summed E-state index contributed by atoms with van der Waals surface area (Å²) in [4.78, 5) is 37.1. The summed E-state index contributed by atoms with van der Waals surface area (Å²) in [5.41, 5.74) is 2.71. The molecule has 7 heteroatoms. The number of hydrogen-bond acceptors (Lipinski definition) is 3. The predicted octanol–water partition coefficient (Wildman–Crippen LogP) is 2.32. The Kier molecular flexibility index (Phi) is 4.14. The third-order valence-electron chi connectivity index (χ3n) is 5.37. The van der Waals surface area contributed by atoms with Crippen molar-refractivity contribution in [1.82, 2.24) is 20.3 Å². The average Bonchev–Trinajstić information content (AvgIpc) is 3.16. The Labute approximate surface area is 151 Å². The third kappa shape index (κ3) is 2.83. The summed E-state index contributed by atoms with van der Waals surface area (Å²) >= 11 is 0. The Morgan fingerprint density at radius 1 is 1.12 bits per heavy atom. The van der Waals surface area contributed by atoms with Crippen molar-refractivity contribution in [2.75, 3.05) is 0 Å². The number of carbonyl (C=O) groups is 3. The predicted molar refractivity (Wildman–Crippen MR) is 95.9 cm³/mol. The van der Waals surface area contributed by atoms with Crippen LogP contribution in [0.4, 0.5) is 4.79 Å². The van der Waals surface area contributed by atoms with E-state index in [9.17, 15) is 14.4 Å². The Hall–Kier alpha value is -2.83. The van der Waals surface area contributed by atoms with Crippen LogP contribution in [0.15, 0.2) is 36.5 Å². The van der Waals surface area contributed by atoms with Crippen molar-refractivity contribution in [1.29, 1.82) is 0 Å². The molecular weight excluding hydrogens is 332 g/mol. The summed E-state index contributed by atoms with van der Waals surface area (Å²) in [5.74, 6) is -0.680. The molecule has 4 amide bonds. The molecule has 1 aromatic heterocycles. The van der Waals surface area contributed by atoms with E-state index in [2.05, 4.69) is 10.7 Å². The summed E-state index contributed by atoms with van der Waals surface area (Å²) in [6.45, 7) is 0.480. The van der Waals surface area contributed by atoms with Gasteiger partial charge in [-0.1, -0.05) is 37.5 Å². The van der Waals surface area contributed by atoms with Gasteiger partial charge in [0.2, 0.25) is 5.91 Å². The Balaban J connectivity index is 1.39. The summed E-state index contributed by atoms with van der Waals surface area (Å²) in [5, 5.41) is 4.76. The zero-order valence-electron chi connectivity index (χ0n) is 14.5. The number of rotatable bonds is 4. The van der Waals surface area contributed by atoms with Crippen LogP contribution in [0.2, 0.25) is 0 Å². The summed E-state index contributed by atoms with van der Waals surface area (Å²) < 4.78 is 1.99. The lowest BCUT2D eigenvalue weighted by molar-refractivity contribution is -0.140. The topological polar surface area (TPSA) is 83.4 Å². The molecule has 4 rings (SSSR count). The summed E-state index contributed by atoms with van der Waals surface area (Å²) in [6, 6.07) is 9.41. The van der Waals surface area contributed by atoms with E-state index >= 15 is 0 Å². The first-order valence-electron chi connectivity index (χ1n) is 9.09. The lowest BCUT2D eigenvalue weighted by atomic mass is 9.82. The van der Waals surface area contributed by atoms with E-state index in [1.165, 1.54) is 0 Å². The smallest absolute Gasteiger partial charge is 0.344 e. The maximum Gasteiger partial charge on any atom is 0.344 e. The minimum Gasteiger partial charge on any atom is -0.347 e. The van der Waals surface area contributed by atoms with Gasteiger partial charge in [-0.15, -0.1) is 0 Å². The second-order valence-electron chi connectivity index (χ2n) is 7.07. The maximum absolute atomic E-state index is 12.7. The highest BCUT2D eigenvalue weighted by Crippen LogP contribution is 2.33. The van der Waals surface area contributed by atoms with E-state index in [1.807, 2.05) is 41.1 Å². The van der Waals surface area contributed by atoms with Crippen LogP contribution in [0.5, 0.6) is 0 Å². The van der Waals surface area contributed by atoms with Crippen LogP contribution in [0.25, 0.3) is 10.9 Å². The summed E-state index contributed by atoms with van der Waals surface area (Å²) in [6.07, 6.45) is 6.29. The molecule has 7 nitrogen and oxygen atoms in total. The Bertz CT molecular complexity index is 867. The second-order valence-corrected chi connectivity index (χ2v) is 7.07. The number of imide groups is 1. The number of urea groups is 1. The van der Waals surface area contributed by atoms with Crippen molar-refractivity contribution in [3.63, 3.8) is 0 Å². The fraction of sp³-hybridized carbons (Fsp3) is 0.421. The molecule has 2 fully saturated rings. The van der Waals surface area contributed by atoms with Gasteiger partial charge in [0.25, 0.3) is 5.91 Å². The highest BCUT2D eigenvalue weighted by atomic mass is 16.2. The van der Waals surface area contributed by atoms with Gasteiger partial charge in [-0.2, -0.15) is 5.01 Å². The average molecular weight is 354 g/mol. The minimum absolute atomic E-state index is 0.183. The zero-order valence-corrected chi connectivity index (χ0v) is 14.5. The number of nitrogens with one attached hydrogen (secondary N) is 2. The van der Waals surface area contributed by atoms with Crippen LogP contribution in [-0.2, 0) is 16.1 Å². The van der Waals surface area contributed by atoms with Crippen LogP contribution in [-0.4, -0.2) is 33.0 Å². The molecule has 1 spiro atoms. The number of aryl methyl sites for hydroxylation is 1. The number of aromatic nitrogens is 1. The number of benzene rings is 1. The molecule has 2 aromatic rings. The lowest BCUT2D eigenvalue weighted by Crippen LogP contribution is -2.51. The first-order valence-corrected chi connectivity index (χ1v) is 9.09. The van der Waals surface area contributed by atoms with Gasteiger partial charge in [0.1, 0.15) is 5.54 Å². The van der Waals surface area contributed by atoms with E-state index in [0.29, 0.717) is 19.4 Å². The molecule has 26 heavy (non-hydrogen) atoms. The molecular formula is C19H22N4O3. The number of para-hydroxylation sites is 1. The Morgan fingerprint density at radius 2 is 1.88 bits per heavy atom. The molecule has 1 aliphatic carbocycles. The fourth-order valence-electron chi connectivity index (χ4n) is 3.95. The minimum atomic E-state index is -0.820. The molecule has 136 valence electrons. The van der Waals surface area contributed by atoms with Gasteiger partial charge < -0.3 is 9.88 Å². The lowest BCUT2D eigenvalue weighted by Gasteiger charge is -2.30. The number of hydrazine groups is 1. The van der Waals surface area contributed by atoms with Crippen molar-refractivity contribution in [3.05, 3.63) is 36.5 Å². The fourth-order valence-corrected chi connectivity index (χ4v) is 3.95. The highest BCUT2D eigenvalue weighted by molar-refractivity contribution is 6.08. The monoisotopic (exact) mass is 354 g/mol. The van der Waals surface area contributed by atoms with Crippen molar-refractivity contribution < 1.29 is 14.4 Å². The first-order chi connectivity index (χ1) is 12.6. The van der Waals surface area contributed by atoms with Crippen molar-refractivity contribution in [2.24, 2.45) is 0 Å². The molecule has 1 aromatic carbocycles. The number of nitrogens with zero attached hydrogens (tertiary/aromatic N) is 2. The van der Waals surface area contributed by atoms with Gasteiger partial charge in [0, 0.05) is 24.7 Å². The van der Waals surface area contributed by atoms with Crippen LogP contribution in [0.1, 0.15) is 38.5 Å². The molecule has 2 heterocycles. The van der Waals surface area contributed by atoms with E-state index in [-0.39, 0.29) is 18.2 Å². The summed E-state index contributed by atoms with van der Waals surface area (Å²) in [7, 11) is 0. The van der Waals surface area contributed by atoms with Crippen molar-refractivity contribution in [2.45, 2.75) is 50.6 Å². The normalized spacial score (nSPS) is 19.2. The quantitative estimate of drug-likeness (QED) is 0.827. The van der Waals surface area contributed by atoms with Gasteiger partial charge >= 0.3 is 6.03 Å². The van der Waals surface area contributed by atoms with Crippen LogP contribution in [0, 0.1) is 0 Å². The number of carbonyl (C=O) groups excluding carboxylic acids is 3. The molecule has 2 N–H and O–H groups in total. The third-order valence-corrected chi connectivity index (χ3v) is 5.37. The molecule has 0 radical (unpaired) electrons. The van der Waals surface area contributed by atoms with Crippen LogP contribution in [0.3, 0.4) is 0 Å². The first kappa shape index (κ1) is 16.6. The van der Waals surface area contributed by atoms with Crippen molar-refractivity contribution >= 4 is 28.7 Å².